The number of thiophene rings is 1. The molecule has 2 amide bonds. The van der Waals surface area contributed by atoms with Crippen molar-refractivity contribution in [3.8, 4) is 9.88 Å². The third-order valence-electron chi connectivity index (χ3n) is 3.58. The van der Waals surface area contributed by atoms with Crippen LogP contribution >= 0.6 is 22.7 Å². The van der Waals surface area contributed by atoms with E-state index in [1.807, 2.05) is 17.5 Å². The van der Waals surface area contributed by atoms with E-state index in [9.17, 15) is 9.59 Å². The number of methoxy groups -OCH3 is 1. The van der Waals surface area contributed by atoms with Crippen LogP contribution in [0.2, 0.25) is 0 Å². The fourth-order valence-electron chi connectivity index (χ4n) is 2.44. The van der Waals surface area contributed by atoms with Gasteiger partial charge < -0.3 is 15.0 Å². The normalized spacial score (nSPS) is 17.7. The van der Waals surface area contributed by atoms with Crippen LogP contribution in [0.4, 0.5) is 0 Å². The molecule has 1 unspecified atom stereocenters. The maximum absolute atomic E-state index is 12.3. The Kier molecular flexibility index (Phi) is 5.04. The third-order valence-corrected chi connectivity index (χ3v) is 5.47. The molecule has 1 atom stereocenters. The molecule has 0 bridgehead atoms. The summed E-state index contributed by atoms with van der Waals surface area (Å²) in [6.07, 6.45) is 0.331. The zero-order valence-electron chi connectivity index (χ0n) is 12.7. The average molecular weight is 351 g/mol. The van der Waals surface area contributed by atoms with Gasteiger partial charge in [-0.15, -0.1) is 22.7 Å². The number of aromatic nitrogens is 1. The Labute approximate surface area is 142 Å². The van der Waals surface area contributed by atoms with Crippen molar-refractivity contribution in [1.82, 2.24) is 15.2 Å². The molecule has 1 fully saturated rings. The highest BCUT2D eigenvalue weighted by atomic mass is 32.1. The maximum atomic E-state index is 12.3. The van der Waals surface area contributed by atoms with Gasteiger partial charge in [0.2, 0.25) is 5.91 Å². The Morgan fingerprint density at radius 2 is 2.39 bits per heavy atom. The lowest BCUT2D eigenvalue weighted by Crippen LogP contribution is -2.37. The molecule has 3 rings (SSSR count). The Morgan fingerprint density at radius 3 is 3.13 bits per heavy atom. The number of hydrogen-bond donors (Lipinski definition) is 1. The average Bonchev–Trinajstić information content (AvgIpc) is 3.26. The summed E-state index contributed by atoms with van der Waals surface area (Å²) in [5.74, 6) is -0.180. The van der Waals surface area contributed by atoms with Gasteiger partial charge in [-0.1, -0.05) is 6.07 Å². The molecule has 0 aliphatic carbocycles. The monoisotopic (exact) mass is 351 g/mol. The summed E-state index contributed by atoms with van der Waals surface area (Å²) in [6, 6.07) is 3.77. The van der Waals surface area contributed by atoms with Gasteiger partial charge in [-0.25, -0.2) is 4.98 Å². The number of nitrogens with zero attached hydrogens (tertiary/aromatic N) is 2. The van der Waals surface area contributed by atoms with Gasteiger partial charge in [-0.2, -0.15) is 0 Å². The van der Waals surface area contributed by atoms with Crippen molar-refractivity contribution >= 4 is 34.5 Å². The molecular weight excluding hydrogens is 334 g/mol. The third kappa shape index (κ3) is 3.77. The van der Waals surface area contributed by atoms with Crippen LogP contribution in [0, 0.1) is 0 Å². The molecule has 2 aromatic rings. The molecule has 1 N–H and O–H groups in total. The summed E-state index contributed by atoms with van der Waals surface area (Å²) in [7, 11) is 1.60. The Hall–Kier alpha value is -1.77. The van der Waals surface area contributed by atoms with E-state index in [4.69, 9.17) is 4.74 Å². The molecule has 1 saturated heterocycles. The van der Waals surface area contributed by atoms with Crippen LogP contribution in [-0.4, -0.2) is 54.5 Å². The van der Waals surface area contributed by atoms with E-state index in [0.29, 0.717) is 31.8 Å². The van der Waals surface area contributed by atoms with Crippen LogP contribution in [0.15, 0.2) is 22.9 Å². The molecule has 6 nitrogen and oxygen atoms in total. The fourth-order valence-corrected chi connectivity index (χ4v) is 4.05. The molecular formula is C15H17N3O3S2. The fraction of sp³-hybridized carbons (Fsp3) is 0.400. The molecule has 2 aromatic heterocycles. The van der Waals surface area contributed by atoms with E-state index in [0.717, 1.165) is 9.88 Å². The van der Waals surface area contributed by atoms with E-state index in [-0.39, 0.29) is 17.9 Å². The molecule has 23 heavy (non-hydrogen) atoms. The standard InChI is InChI=1S/C15H17N3O3S2/c1-21-5-4-18-8-10(7-13(18)19)16-14(20)11-9-23-15(17-11)12-3-2-6-22-12/h2-3,6,9-10H,4-5,7-8H2,1H3,(H,16,20). The first-order valence-corrected chi connectivity index (χ1v) is 9.00. The predicted octanol–water partition coefficient (Wildman–Crippen LogP) is 1.85. The molecule has 1 aliphatic heterocycles. The smallest absolute Gasteiger partial charge is 0.271 e. The molecule has 1 aliphatic rings. The van der Waals surface area contributed by atoms with Crippen LogP contribution in [0.3, 0.4) is 0 Å². The second-order valence-corrected chi connectivity index (χ2v) is 7.03. The van der Waals surface area contributed by atoms with Crippen molar-refractivity contribution in [3.05, 3.63) is 28.6 Å². The van der Waals surface area contributed by atoms with Crippen LogP contribution in [0.25, 0.3) is 9.88 Å². The first-order valence-electron chi connectivity index (χ1n) is 7.24. The highest BCUT2D eigenvalue weighted by Gasteiger charge is 2.30. The van der Waals surface area contributed by atoms with E-state index in [1.165, 1.54) is 11.3 Å². The Balaban J connectivity index is 1.58. The first-order chi connectivity index (χ1) is 11.2. The Morgan fingerprint density at radius 1 is 1.52 bits per heavy atom. The number of amides is 2. The van der Waals surface area contributed by atoms with Crippen molar-refractivity contribution in [1.29, 1.82) is 0 Å². The first kappa shape index (κ1) is 16.1. The zero-order chi connectivity index (χ0) is 16.2. The van der Waals surface area contributed by atoms with Gasteiger partial charge in [0.15, 0.2) is 0 Å². The topological polar surface area (TPSA) is 71.5 Å². The number of thiazole rings is 1. The quantitative estimate of drug-likeness (QED) is 0.862. The van der Waals surface area contributed by atoms with Crippen molar-refractivity contribution in [2.45, 2.75) is 12.5 Å². The summed E-state index contributed by atoms with van der Waals surface area (Å²) in [6.45, 7) is 1.58. The number of carbonyl (C=O) groups is 2. The number of ether oxygens (including phenoxy) is 1. The zero-order valence-corrected chi connectivity index (χ0v) is 14.3. The summed E-state index contributed by atoms with van der Waals surface area (Å²) in [5.41, 5.74) is 0.404. The van der Waals surface area contributed by atoms with Gasteiger partial charge in [-0.3, -0.25) is 9.59 Å². The number of hydrogen-bond acceptors (Lipinski definition) is 6. The van der Waals surface area contributed by atoms with E-state index in [2.05, 4.69) is 10.3 Å². The number of nitrogens with one attached hydrogen (secondary N) is 1. The number of likely N-dealkylation sites (tertiary alicyclic amines) is 1. The number of rotatable bonds is 6. The van der Waals surface area contributed by atoms with Gasteiger partial charge in [-0.05, 0) is 11.4 Å². The summed E-state index contributed by atoms with van der Waals surface area (Å²) < 4.78 is 4.99. The summed E-state index contributed by atoms with van der Waals surface area (Å²) in [4.78, 5) is 31.3. The SMILES string of the molecule is COCCN1CC(NC(=O)c2csc(-c3cccs3)n2)CC1=O. The highest BCUT2D eigenvalue weighted by Crippen LogP contribution is 2.27. The lowest BCUT2D eigenvalue weighted by atomic mass is 10.2. The second-order valence-electron chi connectivity index (χ2n) is 5.22. The van der Waals surface area contributed by atoms with Gasteiger partial charge >= 0.3 is 0 Å². The Bertz CT molecular complexity index is 684. The minimum atomic E-state index is -0.226. The molecule has 8 heteroatoms. The molecule has 0 radical (unpaired) electrons. The lowest BCUT2D eigenvalue weighted by Gasteiger charge is -2.16. The van der Waals surface area contributed by atoms with Crippen molar-refractivity contribution in [2.75, 3.05) is 26.8 Å². The molecule has 0 saturated carbocycles. The summed E-state index contributed by atoms with van der Waals surface area (Å²) >= 11 is 3.05. The van der Waals surface area contributed by atoms with Crippen LogP contribution in [0.1, 0.15) is 16.9 Å². The van der Waals surface area contributed by atoms with Crippen LogP contribution < -0.4 is 5.32 Å². The highest BCUT2D eigenvalue weighted by molar-refractivity contribution is 7.20. The van der Waals surface area contributed by atoms with Crippen molar-refractivity contribution in [2.24, 2.45) is 0 Å². The largest absolute Gasteiger partial charge is 0.383 e. The molecule has 3 heterocycles. The van der Waals surface area contributed by atoms with Crippen molar-refractivity contribution in [3.63, 3.8) is 0 Å². The van der Waals surface area contributed by atoms with Gasteiger partial charge in [0.25, 0.3) is 5.91 Å². The van der Waals surface area contributed by atoms with E-state index >= 15 is 0 Å². The summed E-state index contributed by atoms with van der Waals surface area (Å²) in [5, 5.41) is 7.47. The van der Waals surface area contributed by atoms with E-state index in [1.54, 1.807) is 28.7 Å². The predicted molar refractivity (Wildman–Crippen MR) is 89.8 cm³/mol. The van der Waals surface area contributed by atoms with Crippen LogP contribution in [-0.2, 0) is 9.53 Å². The minimum Gasteiger partial charge on any atom is -0.383 e. The van der Waals surface area contributed by atoms with Gasteiger partial charge in [0, 0.05) is 32.0 Å². The van der Waals surface area contributed by atoms with Gasteiger partial charge in [0.05, 0.1) is 17.5 Å². The second kappa shape index (κ2) is 7.20. The minimum absolute atomic E-state index is 0.0462. The molecule has 0 aromatic carbocycles. The maximum Gasteiger partial charge on any atom is 0.271 e. The van der Waals surface area contributed by atoms with E-state index < -0.39 is 0 Å². The lowest BCUT2D eigenvalue weighted by molar-refractivity contribution is -0.128. The van der Waals surface area contributed by atoms with Gasteiger partial charge in [0.1, 0.15) is 10.7 Å². The van der Waals surface area contributed by atoms with Crippen molar-refractivity contribution < 1.29 is 14.3 Å². The molecule has 122 valence electrons. The molecule has 0 spiro atoms. The van der Waals surface area contributed by atoms with Crippen LogP contribution in [0.5, 0.6) is 0 Å². The number of carbonyl (C=O) groups excluding carboxylic acids is 2.